The van der Waals surface area contributed by atoms with Crippen LogP contribution in [0.1, 0.15) is 84.5 Å². The summed E-state index contributed by atoms with van der Waals surface area (Å²) in [4.78, 5) is 11.2. The Kier molecular flexibility index (Phi) is 9.94. The van der Waals surface area contributed by atoms with E-state index in [1.165, 1.54) is 32.1 Å². The second-order valence-electron chi connectivity index (χ2n) is 6.35. The molecule has 0 radical (unpaired) electrons. The molecule has 0 aromatic heterocycles. The van der Waals surface area contributed by atoms with E-state index >= 15 is 0 Å². The molecule has 0 aromatic carbocycles. The minimum atomic E-state index is -0.389. The van der Waals surface area contributed by atoms with Gasteiger partial charge in [-0.2, -0.15) is 0 Å². The number of carbonyl (C=O) groups is 1. The minimum absolute atomic E-state index is 0.176. The third kappa shape index (κ3) is 7.42. The number of aldehydes is 1. The summed E-state index contributed by atoms with van der Waals surface area (Å²) in [7, 11) is 0. The Bertz CT molecular complexity index is 259. The van der Waals surface area contributed by atoms with Gasteiger partial charge in [-0.15, -0.1) is 0 Å². The molecule has 0 aromatic rings. The fraction of sp³-hybridized carbons (Fsp3) is 0.944. The molecule has 3 nitrogen and oxygen atoms in total. The molecule has 1 rings (SSSR count). The smallest absolute Gasteiger partial charge is 0.168 e. The zero-order valence-corrected chi connectivity index (χ0v) is 14.1. The predicted octanol–water partition coefficient (Wildman–Crippen LogP) is 4.88. The van der Waals surface area contributed by atoms with Gasteiger partial charge in [0.05, 0.1) is 13.2 Å². The van der Waals surface area contributed by atoms with Gasteiger partial charge in [0, 0.05) is 18.8 Å². The van der Waals surface area contributed by atoms with Gasteiger partial charge in [-0.05, 0) is 19.3 Å². The van der Waals surface area contributed by atoms with E-state index in [0.717, 1.165) is 44.8 Å². The zero-order valence-electron chi connectivity index (χ0n) is 14.1. The number of carbonyl (C=O) groups excluding carboxylic acids is 1. The molecule has 1 saturated heterocycles. The Morgan fingerprint density at radius 1 is 0.905 bits per heavy atom. The van der Waals surface area contributed by atoms with Crippen LogP contribution in [0.5, 0.6) is 0 Å². The highest BCUT2D eigenvalue weighted by atomic mass is 16.7. The second-order valence-corrected chi connectivity index (χ2v) is 6.35. The van der Waals surface area contributed by atoms with Gasteiger partial charge < -0.3 is 14.3 Å². The lowest BCUT2D eigenvalue weighted by atomic mass is 9.93. The van der Waals surface area contributed by atoms with E-state index in [0.29, 0.717) is 13.2 Å². The minimum Gasteiger partial charge on any atom is -0.348 e. The van der Waals surface area contributed by atoms with Crippen molar-refractivity contribution in [2.75, 3.05) is 13.2 Å². The van der Waals surface area contributed by atoms with Crippen molar-refractivity contribution >= 4 is 6.29 Å². The fourth-order valence-electron chi connectivity index (χ4n) is 3.06. The van der Waals surface area contributed by atoms with Crippen LogP contribution < -0.4 is 0 Å². The van der Waals surface area contributed by atoms with Crippen molar-refractivity contribution in [1.29, 1.82) is 0 Å². The molecule has 0 N–H and O–H groups in total. The van der Waals surface area contributed by atoms with Crippen molar-refractivity contribution in [2.45, 2.75) is 90.3 Å². The Balaban J connectivity index is 2.31. The Morgan fingerprint density at radius 2 is 1.57 bits per heavy atom. The molecule has 1 heterocycles. The number of hydrogen-bond acceptors (Lipinski definition) is 3. The first kappa shape index (κ1) is 18.6. The molecule has 0 amide bonds. The number of rotatable bonds is 13. The Morgan fingerprint density at radius 3 is 2.19 bits per heavy atom. The summed E-state index contributed by atoms with van der Waals surface area (Å²) in [5.74, 6) is -0.214. The van der Waals surface area contributed by atoms with Crippen LogP contribution in [-0.2, 0) is 14.3 Å². The first-order valence-electron chi connectivity index (χ1n) is 8.99. The summed E-state index contributed by atoms with van der Waals surface area (Å²) in [6.45, 7) is 5.81. The normalized spacial score (nSPS) is 18.8. The van der Waals surface area contributed by atoms with Crippen LogP contribution >= 0.6 is 0 Å². The van der Waals surface area contributed by atoms with E-state index in [-0.39, 0.29) is 11.7 Å². The van der Waals surface area contributed by atoms with Gasteiger partial charge in [0.25, 0.3) is 0 Å². The number of ether oxygens (including phenoxy) is 2. The molecule has 0 saturated carbocycles. The van der Waals surface area contributed by atoms with Crippen LogP contribution in [0, 0.1) is 5.92 Å². The standard InChI is InChI=1S/C18H34O3/c1-3-5-7-8-9-12-18(20-14-15-21-18)13-11-17(16-19)10-6-4-2/h16-17H,3-15H2,1-2H3. The quantitative estimate of drug-likeness (QED) is 0.359. The monoisotopic (exact) mass is 298 g/mol. The third-order valence-corrected chi connectivity index (χ3v) is 4.49. The van der Waals surface area contributed by atoms with Crippen molar-refractivity contribution in [3.8, 4) is 0 Å². The highest BCUT2D eigenvalue weighted by Gasteiger charge is 2.36. The van der Waals surface area contributed by atoms with E-state index in [1.807, 2.05) is 0 Å². The third-order valence-electron chi connectivity index (χ3n) is 4.49. The molecular weight excluding hydrogens is 264 g/mol. The van der Waals surface area contributed by atoms with Gasteiger partial charge in [-0.25, -0.2) is 0 Å². The number of unbranched alkanes of at least 4 members (excludes halogenated alkanes) is 5. The van der Waals surface area contributed by atoms with E-state index < -0.39 is 0 Å². The maximum absolute atomic E-state index is 11.2. The number of hydrogen-bond donors (Lipinski definition) is 0. The second kappa shape index (κ2) is 11.2. The molecule has 21 heavy (non-hydrogen) atoms. The lowest BCUT2D eigenvalue weighted by Gasteiger charge is -2.28. The Labute approximate surface area is 130 Å². The van der Waals surface area contributed by atoms with Crippen molar-refractivity contribution in [2.24, 2.45) is 5.92 Å². The van der Waals surface area contributed by atoms with Gasteiger partial charge >= 0.3 is 0 Å². The van der Waals surface area contributed by atoms with E-state index in [2.05, 4.69) is 13.8 Å². The fourth-order valence-corrected chi connectivity index (χ4v) is 3.06. The molecule has 124 valence electrons. The van der Waals surface area contributed by atoms with Gasteiger partial charge in [0.1, 0.15) is 6.29 Å². The van der Waals surface area contributed by atoms with E-state index in [1.54, 1.807) is 0 Å². The van der Waals surface area contributed by atoms with Gasteiger partial charge in [-0.3, -0.25) is 0 Å². The average molecular weight is 298 g/mol. The average Bonchev–Trinajstić information content (AvgIpc) is 2.96. The van der Waals surface area contributed by atoms with Crippen LogP contribution in [0.2, 0.25) is 0 Å². The molecule has 1 unspecified atom stereocenters. The molecule has 0 bridgehead atoms. The lowest BCUT2D eigenvalue weighted by Crippen LogP contribution is -2.31. The van der Waals surface area contributed by atoms with Crippen molar-refractivity contribution in [3.05, 3.63) is 0 Å². The van der Waals surface area contributed by atoms with Crippen LogP contribution in [0.4, 0.5) is 0 Å². The van der Waals surface area contributed by atoms with E-state index in [4.69, 9.17) is 9.47 Å². The first-order valence-corrected chi connectivity index (χ1v) is 8.99. The van der Waals surface area contributed by atoms with Crippen LogP contribution in [0.25, 0.3) is 0 Å². The summed E-state index contributed by atoms with van der Waals surface area (Å²) in [5, 5.41) is 0. The summed E-state index contributed by atoms with van der Waals surface area (Å²) in [6, 6.07) is 0. The highest BCUT2D eigenvalue weighted by molar-refractivity contribution is 5.53. The largest absolute Gasteiger partial charge is 0.348 e. The van der Waals surface area contributed by atoms with Gasteiger partial charge in [0.15, 0.2) is 5.79 Å². The molecule has 1 aliphatic heterocycles. The van der Waals surface area contributed by atoms with Crippen LogP contribution in [-0.4, -0.2) is 25.3 Å². The Hall–Kier alpha value is -0.410. The molecule has 3 heteroatoms. The summed E-state index contributed by atoms with van der Waals surface area (Å²) >= 11 is 0. The zero-order chi connectivity index (χ0) is 15.4. The van der Waals surface area contributed by atoms with Crippen LogP contribution in [0.15, 0.2) is 0 Å². The van der Waals surface area contributed by atoms with Crippen molar-refractivity contribution in [3.63, 3.8) is 0 Å². The van der Waals surface area contributed by atoms with Crippen molar-refractivity contribution in [1.82, 2.24) is 0 Å². The molecule has 1 atom stereocenters. The van der Waals surface area contributed by atoms with Gasteiger partial charge in [0.2, 0.25) is 0 Å². The highest BCUT2D eigenvalue weighted by Crippen LogP contribution is 2.32. The molecule has 1 fully saturated rings. The summed E-state index contributed by atoms with van der Waals surface area (Å²) in [5.41, 5.74) is 0. The maximum atomic E-state index is 11.2. The maximum Gasteiger partial charge on any atom is 0.168 e. The predicted molar refractivity (Wildman–Crippen MR) is 86.3 cm³/mol. The molecule has 1 aliphatic rings. The molecular formula is C18H34O3. The summed E-state index contributed by atoms with van der Waals surface area (Å²) < 4.78 is 11.8. The van der Waals surface area contributed by atoms with Gasteiger partial charge in [-0.1, -0.05) is 52.4 Å². The summed E-state index contributed by atoms with van der Waals surface area (Å²) in [6.07, 6.45) is 13.5. The topological polar surface area (TPSA) is 35.5 Å². The lowest BCUT2D eigenvalue weighted by molar-refractivity contribution is -0.170. The van der Waals surface area contributed by atoms with E-state index in [9.17, 15) is 4.79 Å². The van der Waals surface area contributed by atoms with Crippen molar-refractivity contribution < 1.29 is 14.3 Å². The molecule has 0 aliphatic carbocycles. The first-order chi connectivity index (χ1) is 10.3. The SMILES string of the molecule is CCCCCCCC1(CCC(C=O)CCCC)OCCO1. The molecule has 0 spiro atoms. The van der Waals surface area contributed by atoms with Crippen LogP contribution in [0.3, 0.4) is 0 Å².